The molecule has 0 spiro atoms. The number of anilines is 1. The average molecular weight is 597 g/mol. The van der Waals surface area contributed by atoms with Crippen molar-refractivity contribution in [2.45, 2.75) is 38.3 Å². The Morgan fingerprint density at radius 2 is 1.53 bits per heavy atom. The van der Waals surface area contributed by atoms with Crippen LogP contribution in [-0.4, -0.2) is 44.3 Å². The number of benzene rings is 3. The van der Waals surface area contributed by atoms with Crippen LogP contribution in [0.15, 0.2) is 71.6 Å². The van der Waals surface area contributed by atoms with E-state index in [1.54, 1.807) is 56.3 Å². The molecule has 0 unspecified atom stereocenters. The zero-order chi connectivity index (χ0) is 28.0. The lowest BCUT2D eigenvalue weighted by Crippen LogP contribution is -2.51. The molecule has 0 radical (unpaired) electrons. The summed E-state index contributed by atoms with van der Waals surface area (Å²) in [5.41, 5.74) is 1.69. The van der Waals surface area contributed by atoms with Crippen LogP contribution in [0.4, 0.5) is 5.69 Å². The molecule has 3 aromatic carbocycles. The monoisotopic (exact) mass is 595 g/mol. The SMILES string of the molecule is CCNC(=O)[C@H](C)N(Cc1ccc(Cl)cc1Cl)C(=O)CN(c1ccc(Cl)cc1)S(=O)(=O)c1ccc(C)cc1. The highest BCUT2D eigenvalue weighted by Gasteiger charge is 2.32. The lowest BCUT2D eigenvalue weighted by Gasteiger charge is -2.32. The molecule has 7 nitrogen and oxygen atoms in total. The number of hydrogen-bond acceptors (Lipinski definition) is 4. The Balaban J connectivity index is 2.04. The number of nitrogens with zero attached hydrogens (tertiary/aromatic N) is 2. The highest BCUT2D eigenvalue weighted by atomic mass is 35.5. The smallest absolute Gasteiger partial charge is 0.264 e. The minimum absolute atomic E-state index is 0.0231. The van der Waals surface area contributed by atoms with Gasteiger partial charge in [-0.25, -0.2) is 8.42 Å². The molecule has 11 heteroatoms. The van der Waals surface area contributed by atoms with E-state index in [0.29, 0.717) is 27.2 Å². The molecule has 0 saturated heterocycles. The standard InChI is InChI=1S/C27H28Cl3N3O4S/c1-4-31-27(35)19(3)32(16-20-7-8-22(29)15-25(20)30)26(34)17-33(23-11-9-21(28)10-12-23)38(36,37)24-13-5-18(2)6-14-24/h5-15,19H,4,16-17H2,1-3H3,(H,31,35)/t19-/m0/s1. The van der Waals surface area contributed by atoms with Crippen molar-refractivity contribution in [3.8, 4) is 0 Å². The van der Waals surface area contributed by atoms with Crippen LogP contribution in [0.5, 0.6) is 0 Å². The van der Waals surface area contributed by atoms with E-state index in [4.69, 9.17) is 34.8 Å². The van der Waals surface area contributed by atoms with E-state index < -0.39 is 28.5 Å². The fourth-order valence-corrected chi connectivity index (χ4v) is 5.72. The topological polar surface area (TPSA) is 86.8 Å². The van der Waals surface area contributed by atoms with Crippen molar-refractivity contribution in [3.63, 3.8) is 0 Å². The second-order valence-electron chi connectivity index (χ2n) is 8.63. The highest BCUT2D eigenvalue weighted by molar-refractivity contribution is 7.92. The summed E-state index contributed by atoms with van der Waals surface area (Å²) in [5, 5.41) is 3.87. The summed E-state index contributed by atoms with van der Waals surface area (Å²) in [6, 6.07) is 16.4. The normalized spacial score (nSPS) is 12.1. The van der Waals surface area contributed by atoms with E-state index in [0.717, 1.165) is 9.87 Å². The van der Waals surface area contributed by atoms with Crippen LogP contribution in [0, 0.1) is 6.92 Å². The van der Waals surface area contributed by atoms with Crippen molar-refractivity contribution in [1.82, 2.24) is 10.2 Å². The Bertz CT molecular complexity index is 1400. The molecule has 38 heavy (non-hydrogen) atoms. The number of hydrogen-bond donors (Lipinski definition) is 1. The van der Waals surface area contributed by atoms with Crippen molar-refractivity contribution in [2.75, 3.05) is 17.4 Å². The number of sulfonamides is 1. The fraction of sp³-hybridized carbons (Fsp3) is 0.259. The second kappa shape index (κ2) is 12.8. The molecule has 202 valence electrons. The maximum Gasteiger partial charge on any atom is 0.264 e. The molecule has 0 aliphatic rings. The zero-order valence-corrected chi connectivity index (χ0v) is 24.2. The van der Waals surface area contributed by atoms with Crippen molar-refractivity contribution in [2.24, 2.45) is 0 Å². The first kappa shape index (κ1) is 29.8. The molecule has 1 N–H and O–H groups in total. The molecule has 1 atom stereocenters. The maximum absolute atomic E-state index is 13.8. The van der Waals surface area contributed by atoms with Crippen LogP contribution in [0.1, 0.15) is 25.0 Å². The molecule has 0 bridgehead atoms. The van der Waals surface area contributed by atoms with E-state index >= 15 is 0 Å². The molecule has 0 aliphatic carbocycles. The van der Waals surface area contributed by atoms with Gasteiger partial charge in [0.25, 0.3) is 10.0 Å². The maximum atomic E-state index is 13.8. The number of nitrogens with one attached hydrogen (secondary N) is 1. The minimum Gasteiger partial charge on any atom is -0.355 e. The van der Waals surface area contributed by atoms with E-state index in [9.17, 15) is 18.0 Å². The van der Waals surface area contributed by atoms with Crippen LogP contribution in [0.3, 0.4) is 0 Å². The van der Waals surface area contributed by atoms with Crippen molar-refractivity contribution >= 4 is 62.3 Å². The number of amides is 2. The first-order chi connectivity index (χ1) is 17.9. The summed E-state index contributed by atoms with van der Waals surface area (Å²) in [4.78, 5) is 27.9. The molecule has 0 aliphatic heterocycles. The average Bonchev–Trinajstić information content (AvgIpc) is 2.87. The van der Waals surface area contributed by atoms with Crippen molar-refractivity contribution in [1.29, 1.82) is 0 Å². The van der Waals surface area contributed by atoms with Gasteiger partial charge in [0.1, 0.15) is 12.6 Å². The predicted molar refractivity (Wildman–Crippen MR) is 152 cm³/mol. The van der Waals surface area contributed by atoms with E-state index in [-0.39, 0.29) is 23.0 Å². The summed E-state index contributed by atoms with van der Waals surface area (Å²) in [7, 11) is -4.16. The highest BCUT2D eigenvalue weighted by Crippen LogP contribution is 2.27. The third-order valence-electron chi connectivity index (χ3n) is 5.88. The number of rotatable bonds is 10. The zero-order valence-electron chi connectivity index (χ0n) is 21.1. The molecular weight excluding hydrogens is 569 g/mol. The largest absolute Gasteiger partial charge is 0.355 e. The Labute approximate surface area is 238 Å². The van der Waals surface area contributed by atoms with E-state index in [2.05, 4.69) is 5.32 Å². The van der Waals surface area contributed by atoms with Gasteiger partial charge in [-0.15, -0.1) is 0 Å². The van der Waals surface area contributed by atoms with Gasteiger partial charge in [0, 0.05) is 28.2 Å². The van der Waals surface area contributed by atoms with Crippen molar-refractivity contribution < 1.29 is 18.0 Å². The summed E-state index contributed by atoms with van der Waals surface area (Å²) in [6.45, 7) is 4.96. The van der Waals surface area contributed by atoms with Crippen LogP contribution in [0.2, 0.25) is 15.1 Å². The van der Waals surface area contributed by atoms with Crippen LogP contribution in [0.25, 0.3) is 0 Å². The van der Waals surface area contributed by atoms with Gasteiger partial charge in [0.05, 0.1) is 10.6 Å². The number of aryl methyl sites for hydroxylation is 1. The molecule has 0 saturated carbocycles. The van der Waals surface area contributed by atoms with Crippen LogP contribution in [-0.2, 0) is 26.2 Å². The first-order valence-corrected chi connectivity index (χ1v) is 14.4. The van der Waals surface area contributed by atoms with Gasteiger partial charge in [0.2, 0.25) is 11.8 Å². The first-order valence-electron chi connectivity index (χ1n) is 11.8. The van der Waals surface area contributed by atoms with Gasteiger partial charge in [0.15, 0.2) is 0 Å². The number of halogens is 3. The second-order valence-corrected chi connectivity index (χ2v) is 11.8. The number of likely N-dealkylation sites (N-methyl/N-ethyl adjacent to an activating group) is 1. The Morgan fingerprint density at radius 3 is 2.11 bits per heavy atom. The van der Waals surface area contributed by atoms with Gasteiger partial charge < -0.3 is 10.2 Å². The Kier molecular flexibility index (Phi) is 10.1. The summed E-state index contributed by atoms with van der Waals surface area (Å²) in [5.74, 6) is -0.981. The van der Waals surface area contributed by atoms with Crippen LogP contribution < -0.4 is 9.62 Å². The molecule has 0 fully saturated rings. The van der Waals surface area contributed by atoms with Gasteiger partial charge in [-0.1, -0.05) is 58.6 Å². The van der Waals surface area contributed by atoms with E-state index in [1.807, 2.05) is 6.92 Å². The van der Waals surface area contributed by atoms with E-state index in [1.165, 1.54) is 29.2 Å². The molecular formula is C27H28Cl3N3O4S. The molecule has 0 heterocycles. The van der Waals surface area contributed by atoms with Gasteiger partial charge in [-0.3, -0.25) is 13.9 Å². The minimum atomic E-state index is -4.16. The summed E-state index contributed by atoms with van der Waals surface area (Å²) < 4.78 is 28.5. The summed E-state index contributed by atoms with van der Waals surface area (Å²) >= 11 is 18.4. The lowest BCUT2D eigenvalue weighted by molar-refractivity contribution is -0.139. The van der Waals surface area contributed by atoms with Gasteiger partial charge in [-0.05, 0) is 74.9 Å². The third-order valence-corrected chi connectivity index (χ3v) is 8.50. The summed E-state index contributed by atoms with van der Waals surface area (Å²) in [6.07, 6.45) is 0. The third kappa shape index (κ3) is 7.20. The molecule has 3 rings (SSSR count). The van der Waals surface area contributed by atoms with Gasteiger partial charge in [-0.2, -0.15) is 0 Å². The number of carbonyl (C=O) groups excluding carboxylic acids is 2. The van der Waals surface area contributed by atoms with Crippen LogP contribution >= 0.6 is 34.8 Å². The molecule has 2 amide bonds. The quantitative estimate of drug-likeness (QED) is 0.325. The van der Waals surface area contributed by atoms with Crippen molar-refractivity contribution in [3.05, 3.63) is 92.9 Å². The molecule has 0 aromatic heterocycles. The predicted octanol–water partition coefficient (Wildman–Crippen LogP) is 5.70. The Morgan fingerprint density at radius 1 is 0.921 bits per heavy atom. The fourth-order valence-electron chi connectivity index (χ4n) is 3.71. The molecule has 3 aromatic rings. The Hall–Kier alpha value is -2.78. The number of carbonyl (C=O) groups is 2. The van der Waals surface area contributed by atoms with Gasteiger partial charge >= 0.3 is 0 Å². The lowest BCUT2D eigenvalue weighted by atomic mass is 10.1.